The third-order valence-corrected chi connectivity index (χ3v) is 5.43. The fourth-order valence-corrected chi connectivity index (χ4v) is 3.54. The van der Waals surface area contributed by atoms with Gasteiger partial charge in [0.2, 0.25) is 0 Å². The minimum atomic E-state index is 0.544. The summed E-state index contributed by atoms with van der Waals surface area (Å²) in [4.78, 5) is 4.79. The third-order valence-electron chi connectivity index (χ3n) is 4.34. The molecule has 3 rings (SSSR count). The molecule has 19 heavy (non-hydrogen) atoms. The summed E-state index contributed by atoms with van der Waals surface area (Å²) in [5.74, 6) is 1.15. The smallest absolute Gasteiger partial charge is 0.156 e. The molecule has 0 amide bonds. The van der Waals surface area contributed by atoms with Crippen molar-refractivity contribution in [2.45, 2.75) is 38.6 Å². The van der Waals surface area contributed by atoms with E-state index in [1.54, 1.807) is 0 Å². The molecular weight excluding hydrogens is 252 g/mol. The minimum absolute atomic E-state index is 0.544. The second-order valence-electron chi connectivity index (χ2n) is 5.82. The van der Waals surface area contributed by atoms with Gasteiger partial charge in [0.05, 0.1) is 0 Å². The summed E-state index contributed by atoms with van der Waals surface area (Å²) in [6.45, 7) is 3.32. The standard InChI is InChI=1S/C16H22N2S/c1-2-16(8-9-16)12-17-15-18-14(11-19-15)10-13-6-4-3-5-7-13/h3-7,14H,2,8-12H2,1H3,(H,17,18). The molecule has 1 N–H and O–H groups in total. The van der Waals surface area contributed by atoms with Gasteiger partial charge in [-0.25, -0.2) is 0 Å². The first kappa shape index (κ1) is 13.0. The van der Waals surface area contributed by atoms with E-state index in [9.17, 15) is 0 Å². The van der Waals surface area contributed by atoms with Gasteiger partial charge in [-0.05, 0) is 36.7 Å². The predicted octanol–water partition coefficient (Wildman–Crippen LogP) is 3.48. The molecule has 102 valence electrons. The van der Waals surface area contributed by atoms with Gasteiger partial charge in [0.1, 0.15) is 0 Å². The van der Waals surface area contributed by atoms with E-state index < -0.39 is 0 Å². The van der Waals surface area contributed by atoms with Crippen molar-refractivity contribution in [2.75, 3.05) is 12.3 Å². The number of thioether (sulfide) groups is 1. The Morgan fingerprint density at radius 2 is 2.11 bits per heavy atom. The minimum Gasteiger partial charge on any atom is -0.361 e. The van der Waals surface area contributed by atoms with E-state index in [1.165, 1.54) is 30.0 Å². The van der Waals surface area contributed by atoms with Gasteiger partial charge in [-0.2, -0.15) is 0 Å². The first-order chi connectivity index (χ1) is 9.30. The van der Waals surface area contributed by atoms with Gasteiger partial charge in [-0.1, -0.05) is 49.0 Å². The Hall–Kier alpha value is -0.960. The number of benzene rings is 1. The van der Waals surface area contributed by atoms with E-state index in [2.05, 4.69) is 42.6 Å². The summed E-state index contributed by atoms with van der Waals surface area (Å²) in [7, 11) is 0. The predicted molar refractivity (Wildman–Crippen MR) is 83.8 cm³/mol. The lowest BCUT2D eigenvalue weighted by Gasteiger charge is -2.11. The van der Waals surface area contributed by atoms with E-state index in [-0.39, 0.29) is 0 Å². The Kier molecular flexibility index (Phi) is 3.83. The van der Waals surface area contributed by atoms with E-state index >= 15 is 0 Å². The Bertz CT molecular complexity index is 451. The fraction of sp³-hybridized carbons (Fsp3) is 0.562. The Morgan fingerprint density at radius 1 is 1.32 bits per heavy atom. The highest BCUT2D eigenvalue weighted by Gasteiger charge is 2.40. The van der Waals surface area contributed by atoms with Crippen molar-refractivity contribution in [3.63, 3.8) is 0 Å². The van der Waals surface area contributed by atoms with Gasteiger partial charge in [0.25, 0.3) is 0 Å². The monoisotopic (exact) mass is 274 g/mol. The van der Waals surface area contributed by atoms with Crippen LogP contribution < -0.4 is 5.32 Å². The molecule has 0 aromatic heterocycles. The van der Waals surface area contributed by atoms with Crippen molar-refractivity contribution in [1.29, 1.82) is 0 Å². The zero-order valence-corrected chi connectivity index (χ0v) is 12.4. The summed E-state index contributed by atoms with van der Waals surface area (Å²) < 4.78 is 0. The molecule has 3 heteroatoms. The Morgan fingerprint density at radius 3 is 2.79 bits per heavy atom. The summed E-state index contributed by atoms with van der Waals surface area (Å²) >= 11 is 1.89. The Labute approximate surface area is 120 Å². The van der Waals surface area contributed by atoms with Crippen molar-refractivity contribution >= 4 is 16.9 Å². The van der Waals surface area contributed by atoms with Crippen LogP contribution >= 0.6 is 11.8 Å². The van der Waals surface area contributed by atoms with Crippen LogP contribution in [0.4, 0.5) is 0 Å². The molecule has 0 bridgehead atoms. The molecule has 2 nitrogen and oxygen atoms in total. The average molecular weight is 274 g/mol. The molecule has 1 aromatic carbocycles. The van der Waals surface area contributed by atoms with E-state index in [1.807, 2.05) is 11.8 Å². The van der Waals surface area contributed by atoms with E-state index in [0.29, 0.717) is 11.5 Å². The van der Waals surface area contributed by atoms with Gasteiger partial charge in [0.15, 0.2) is 5.17 Å². The van der Waals surface area contributed by atoms with Crippen LogP contribution in [-0.2, 0) is 6.42 Å². The lowest BCUT2D eigenvalue weighted by Crippen LogP contribution is -2.29. The van der Waals surface area contributed by atoms with Crippen LogP contribution in [0.5, 0.6) is 0 Å². The van der Waals surface area contributed by atoms with E-state index in [0.717, 1.165) is 18.7 Å². The third kappa shape index (κ3) is 3.33. The van der Waals surface area contributed by atoms with E-state index in [4.69, 9.17) is 4.99 Å². The molecule has 2 fully saturated rings. The van der Waals surface area contributed by atoms with Gasteiger partial charge in [0, 0.05) is 18.3 Å². The van der Waals surface area contributed by atoms with Crippen LogP contribution in [-0.4, -0.2) is 23.5 Å². The number of amidine groups is 1. The zero-order chi connectivity index (χ0) is 13.1. The van der Waals surface area contributed by atoms with Crippen LogP contribution in [0, 0.1) is 5.41 Å². The highest BCUT2D eigenvalue weighted by molar-refractivity contribution is 8.14. The van der Waals surface area contributed by atoms with Crippen LogP contribution in [0.3, 0.4) is 0 Å². The highest BCUT2D eigenvalue weighted by Crippen LogP contribution is 2.48. The van der Waals surface area contributed by atoms with Crippen molar-refractivity contribution in [1.82, 2.24) is 5.32 Å². The maximum Gasteiger partial charge on any atom is 0.156 e. The average Bonchev–Trinajstić information content (AvgIpc) is 3.11. The van der Waals surface area contributed by atoms with Crippen LogP contribution in [0.15, 0.2) is 35.3 Å². The van der Waals surface area contributed by atoms with Gasteiger partial charge >= 0.3 is 0 Å². The van der Waals surface area contributed by atoms with Crippen LogP contribution in [0.1, 0.15) is 31.7 Å². The SMILES string of the molecule is CCC1(CN=C2NC(Cc3ccccc3)CS2)CC1. The van der Waals surface area contributed by atoms with Crippen LogP contribution in [0.25, 0.3) is 0 Å². The fourth-order valence-electron chi connectivity index (χ4n) is 2.58. The van der Waals surface area contributed by atoms with Gasteiger partial charge < -0.3 is 5.32 Å². The maximum atomic E-state index is 4.79. The van der Waals surface area contributed by atoms with Crippen molar-refractivity contribution in [3.8, 4) is 0 Å². The maximum absolute atomic E-state index is 4.79. The second-order valence-corrected chi connectivity index (χ2v) is 6.83. The number of aliphatic imine (C=N–C) groups is 1. The number of nitrogens with one attached hydrogen (secondary N) is 1. The molecule has 1 unspecified atom stereocenters. The summed E-state index contributed by atoms with van der Waals surface area (Å²) in [6, 6.07) is 11.3. The highest BCUT2D eigenvalue weighted by atomic mass is 32.2. The molecule has 0 spiro atoms. The summed E-state index contributed by atoms with van der Waals surface area (Å²) in [5.41, 5.74) is 1.97. The molecule has 1 aromatic rings. The number of hydrogen-bond donors (Lipinski definition) is 1. The molecular formula is C16H22N2S. The largest absolute Gasteiger partial charge is 0.361 e. The number of hydrogen-bond acceptors (Lipinski definition) is 2. The molecule has 1 saturated heterocycles. The molecule has 2 aliphatic rings. The lowest BCUT2D eigenvalue weighted by atomic mass is 10.1. The molecule has 1 aliphatic heterocycles. The van der Waals surface area contributed by atoms with Crippen molar-refractivity contribution < 1.29 is 0 Å². The molecule has 1 atom stereocenters. The first-order valence-electron chi connectivity index (χ1n) is 7.27. The molecule has 1 heterocycles. The number of rotatable bonds is 5. The van der Waals surface area contributed by atoms with Crippen molar-refractivity contribution in [2.24, 2.45) is 10.4 Å². The summed E-state index contributed by atoms with van der Waals surface area (Å²) in [5, 5.41) is 4.74. The normalized spacial score (nSPS) is 26.4. The molecule has 1 saturated carbocycles. The lowest BCUT2D eigenvalue weighted by molar-refractivity contribution is 0.505. The summed E-state index contributed by atoms with van der Waals surface area (Å²) in [6.07, 6.45) is 5.13. The second kappa shape index (κ2) is 5.58. The molecule has 0 radical (unpaired) electrons. The molecule has 1 aliphatic carbocycles. The zero-order valence-electron chi connectivity index (χ0n) is 11.6. The quantitative estimate of drug-likeness (QED) is 0.889. The number of nitrogens with zero attached hydrogens (tertiary/aromatic N) is 1. The van der Waals surface area contributed by atoms with Crippen LogP contribution in [0.2, 0.25) is 0 Å². The topological polar surface area (TPSA) is 24.4 Å². The Balaban J connectivity index is 1.51. The van der Waals surface area contributed by atoms with Gasteiger partial charge in [-0.3, -0.25) is 4.99 Å². The first-order valence-corrected chi connectivity index (χ1v) is 8.26. The van der Waals surface area contributed by atoms with Crippen molar-refractivity contribution in [3.05, 3.63) is 35.9 Å². The van der Waals surface area contributed by atoms with Gasteiger partial charge in [-0.15, -0.1) is 0 Å².